The number of methoxy groups -OCH3 is 2. The van der Waals surface area contributed by atoms with Crippen molar-refractivity contribution in [3.8, 4) is 17.2 Å². The zero-order valence-corrected chi connectivity index (χ0v) is 34.2. The summed E-state index contributed by atoms with van der Waals surface area (Å²) in [6.45, 7) is 2.29. The Bertz CT molecular complexity index is 2370. The molecule has 9 rings (SSSR count). The average molecular weight is 836 g/mol. The fraction of sp³-hybridized carbons (Fsp3) is 0.348. The highest BCUT2D eigenvalue weighted by Gasteiger charge is 2.71. The van der Waals surface area contributed by atoms with Gasteiger partial charge in [0, 0.05) is 42.2 Å². The van der Waals surface area contributed by atoms with Crippen molar-refractivity contribution in [3.63, 3.8) is 0 Å². The lowest BCUT2D eigenvalue weighted by Gasteiger charge is -2.50. The zero-order chi connectivity index (χ0) is 41.2. The van der Waals surface area contributed by atoms with Gasteiger partial charge in [-0.15, -0.1) is 0 Å². The number of hydrogen-bond donors (Lipinski definition) is 2. The molecule has 59 heavy (non-hydrogen) atoms. The van der Waals surface area contributed by atoms with Gasteiger partial charge in [0.05, 0.1) is 48.1 Å². The van der Waals surface area contributed by atoms with Gasteiger partial charge in [0.2, 0.25) is 11.8 Å². The number of ether oxygens (including phenoxy) is 2. The molecule has 11 nitrogen and oxygen atoms in total. The number of fused-ring (bicyclic) bond motifs is 4. The van der Waals surface area contributed by atoms with E-state index < -0.39 is 46.8 Å². The summed E-state index contributed by atoms with van der Waals surface area (Å²) in [5, 5.41) is 13.4. The maximum Gasteiger partial charge on any atom is 0.260 e. The Morgan fingerprint density at radius 2 is 1.58 bits per heavy atom. The molecule has 6 unspecified atom stereocenters. The third-order valence-corrected chi connectivity index (χ3v) is 13.9. The fourth-order valence-corrected chi connectivity index (χ4v) is 11.2. The number of carbonyl (C=O) groups excluding carboxylic acids is 4. The number of benzene rings is 4. The van der Waals surface area contributed by atoms with Crippen LogP contribution in [-0.2, 0) is 31.1 Å². The minimum Gasteiger partial charge on any atom is -0.508 e. The molecule has 2 N–H and O–H groups in total. The number of phenols is 1. The van der Waals surface area contributed by atoms with Crippen molar-refractivity contribution < 1.29 is 33.8 Å². The molecule has 3 saturated heterocycles. The number of halogens is 2. The van der Waals surface area contributed by atoms with Crippen LogP contribution < -0.4 is 14.9 Å². The van der Waals surface area contributed by atoms with Gasteiger partial charge in [-0.2, -0.15) is 5.01 Å². The van der Waals surface area contributed by atoms with Crippen LogP contribution in [0.15, 0.2) is 103 Å². The fourth-order valence-electron chi connectivity index (χ4n) is 10.7. The molecule has 0 aromatic heterocycles. The Morgan fingerprint density at radius 3 is 2.27 bits per heavy atom. The molecule has 3 aliphatic heterocycles. The van der Waals surface area contributed by atoms with E-state index in [1.165, 1.54) is 29.7 Å². The SMILES string of the molecule is COc1ccc(C23C(=O)N(Nc4ccc(Cl)cc4Cl)C(=O)C2CC2C(=CCC4C(=O)N(C5CCN(Cc6ccccc6)CC5)C(=O)C42)C3c2c(O)cccc2OC)cc1. The van der Waals surface area contributed by atoms with Crippen molar-refractivity contribution in [2.45, 2.75) is 49.6 Å². The predicted molar refractivity (Wildman–Crippen MR) is 222 cm³/mol. The predicted octanol–water partition coefficient (Wildman–Crippen LogP) is 7.37. The van der Waals surface area contributed by atoms with Crippen molar-refractivity contribution in [1.29, 1.82) is 0 Å². The van der Waals surface area contributed by atoms with Crippen molar-refractivity contribution in [2.24, 2.45) is 23.7 Å². The summed E-state index contributed by atoms with van der Waals surface area (Å²) in [5.41, 5.74) is 4.42. The van der Waals surface area contributed by atoms with E-state index in [1.807, 2.05) is 24.3 Å². The highest BCUT2D eigenvalue weighted by molar-refractivity contribution is 6.36. The number of piperidine rings is 1. The minimum absolute atomic E-state index is 0.102. The van der Waals surface area contributed by atoms with Crippen molar-refractivity contribution in [2.75, 3.05) is 32.7 Å². The second-order valence-corrected chi connectivity index (χ2v) is 17.0. The Morgan fingerprint density at radius 1 is 0.831 bits per heavy atom. The molecular formula is C46H44Cl2N4O7. The van der Waals surface area contributed by atoms with Gasteiger partial charge >= 0.3 is 0 Å². The van der Waals surface area contributed by atoms with Crippen molar-refractivity contribution in [3.05, 3.63) is 129 Å². The molecule has 13 heteroatoms. The van der Waals surface area contributed by atoms with Gasteiger partial charge in [0.25, 0.3) is 11.8 Å². The third kappa shape index (κ3) is 6.28. The molecule has 4 amide bonds. The average Bonchev–Trinajstić information content (AvgIpc) is 3.63. The number of hydrazine groups is 1. The lowest BCUT2D eigenvalue weighted by molar-refractivity contribution is -0.144. The summed E-state index contributed by atoms with van der Waals surface area (Å²) in [7, 11) is 3.03. The van der Waals surface area contributed by atoms with E-state index in [0.717, 1.165) is 24.6 Å². The van der Waals surface area contributed by atoms with Crippen LogP contribution in [0.1, 0.15) is 48.3 Å². The topological polar surface area (TPSA) is 129 Å². The first-order chi connectivity index (χ1) is 28.6. The maximum absolute atomic E-state index is 15.6. The normalized spacial score (nSPS) is 27.0. The quantitative estimate of drug-likeness (QED) is 0.131. The molecule has 3 heterocycles. The summed E-state index contributed by atoms with van der Waals surface area (Å²) in [6, 6.07) is 26.6. The number of aromatic hydroxyl groups is 1. The van der Waals surface area contributed by atoms with Gasteiger partial charge < -0.3 is 14.6 Å². The van der Waals surface area contributed by atoms with E-state index in [-0.39, 0.29) is 47.2 Å². The van der Waals surface area contributed by atoms with Crippen LogP contribution in [0.3, 0.4) is 0 Å². The molecule has 1 saturated carbocycles. The standard InChI is InChI=1S/C46H44Cl2N4O7/c1-58-30-14-11-27(12-15-30)46-34(43(55)52(45(46)57)49-36-18-13-28(47)23-35(36)48)24-33-31(41(46)40-37(53)9-6-10-38(40)59-2)16-17-32-39(33)44(56)51(42(32)54)29-19-21-50(22-20-29)25-26-7-4-3-5-8-26/h3-16,18,23,29,32-34,39,41,49,53H,17,19-22,24-25H2,1-2H3. The number of nitrogens with zero attached hydrogens (tertiary/aromatic N) is 3. The molecule has 5 aliphatic rings. The monoisotopic (exact) mass is 834 g/mol. The molecule has 2 aliphatic carbocycles. The van der Waals surface area contributed by atoms with E-state index in [2.05, 4.69) is 22.5 Å². The molecule has 4 aromatic rings. The van der Waals surface area contributed by atoms with Gasteiger partial charge in [-0.3, -0.25) is 34.4 Å². The zero-order valence-electron chi connectivity index (χ0n) is 32.6. The summed E-state index contributed by atoms with van der Waals surface area (Å²) in [5.74, 6) is -4.80. The third-order valence-electron chi connectivity index (χ3n) is 13.3. The van der Waals surface area contributed by atoms with Crippen molar-refractivity contribution >= 4 is 52.5 Å². The molecule has 304 valence electrons. The van der Waals surface area contributed by atoms with Crippen molar-refractivity contribution in [1.82, 2.24) is 14.8 Å². The van der Waals surface area contributed by atoms with Gasteiger partial charge in [-0.1, -0.05) is 83.4 Å². The van der Waals surface area contributed by atoms with Gasteiger partial charge in [-0.25, -0.2) is 0 Å². The largest absolute Gasteiger partial charge is 0.508 e. The Labute approximate surface area is 352 Å². The number of amides is 4. The first kappa shape index (κ1) is 39.1. The van der Waals surface area contributed by atoms with E-state index in [4.69, 9.17) is 32.7 Å². The smallest absolute Gasteiger partial charge is 0.260 e. The lowest BCUT2D eigenvalue weighted by Crippen LogP contribution is -2.53. The first-order valence-electron chi connectivity index (χ1n) is 20.0. The number of likely N-dealkylation sites (tertiary alicyclic amines) is 2. The number of anilines is 1. The summed E-state index contributed by atoms with van der Waals surface area (Å²) >= 11 is 12.8. The Balaban J connectivity index is 1.14. The maximum atomic E-state index is 15.6. The molecule has 0 bridgehead atoms. The van der Waals surface area contributed by atoms with Crippen LogP contribution in [0.4, 0.5) is 5.69 Å². The second kappa shape index (κ2) is 15.3. The number of phenolic OH excluding ortho intramolecular Hbond substituents is 1. The van der Waals surface area contributed by atoms with Crippen LogP contribution in [0.2, 0.25) is 10.0 Å². The van der Waals surface area contributed by atoms with Gasteiger partial charge in [0.1, 0.15) is 17.2 Å². The number of nitrogens with one attached hydrogen (secondary N) is 1. The van der Waals surface area contributed by atoms with Crippen LogP contribution in [-0.4, -0.2) is 76.9 Å². The van der Waals surface area contributed by atoms with E-state index >= 15 is 9.59 Å². The molecule has 6 atom stereocenters. The number of hydrogen-bond acceptors (Lipinski definition) is 9. The van der Waals surface area contributed by atoms with E-state index in [1.54, 1.807) is 55.6 Å². The highest BCUT2D eigenvalue weighted by Crippen LogP contribution is 2.66. The first-order valence-corrected chi connectivity index (χ1v) is 20.8. The van der Waals surface area contributed by atoms with E-state index in [9.17, 15) is 14.7 Å². The number of imide groups is 2. The van der Waals surface area contributed by atoms with Crippen LogP contribution in [0.25, 0.3) is 0 Å². The summed E-state index contributed by atoms with van der Waals surface area (Å²) < 4.78 is 11.4. The van der Waals surface area contributed by atoms with E-state index in [0.29, 0.717) is 46.1 Å². The number of carbonyl (C=O) groups is 4. The second-order valence-electron chi connectivity index (χ2n) is 16.1. The highest BCUT2D eigenvalue weighted by atomic mass is 35.5. The Hall–Kier alpha value is -5.36. The Kier molecular flexibility index (Phi) is 10.2. The van der Waals surface area contributed by atoms with Crippen LogP contribution in [0.5, 0.6) is 17.2 Å². The minimum atomic E-state index is -1.65. The summed E-state index contributed by atoms with van der Waals surface area (Å²) in [6.07, 6.45) is 3.67. The molecule has 0 spiro atoms. The van der Waals surface area contributed by atoms with Gasteiger partial charge in [0.15, 0.2) is 0 Å². The van der Waals surface area contributed by atoms with Crippen LogP contribution >= 0.6 is 23.2 Å². The van der Waals surface area contributed by atoms with Gasteiger partial charge in [-0.05, 0) is 85.2 Å². The lowest BCUT2D eigenvalue weighted by atomic mass is 9.49. The van der Waals surface area contributed by atoms with Crippen LogP contribution in [0, 0.1) is 23.7 Å². The molecule has 4 fully saturated rings. The molecule has 4 aromatic carbocycles. The molecular weight excluding hydrogens is 791 g/mol. The number of allylic oxidation sites excluding steroid dienone is 2. The molecule has 0 radical (unpaired) electrons. The summed E-state index contributed by atoms with van der Waals surface area (Å²) in [4.78, 5) is 63.9. The number of rotatable bonds is 9.